The van der Waals surface area contributed by atoms with Gasteiger partial charge in [0.05, 0.1) is 0 Å². The van der Waals surface area contributed by atoms with Crippen LogP contribution in [0.15, 0.2) is 72.9 Å². The van der Waals surface area contributed by atoms with Crippen LogP contribution in [0.25, 0.3) is 16.9 Å². The maximum absolute atomic E-state index is 12.6. The molecule has 140 valence electrons. The first-order valence-electron chi connectivity index (χ1n) is 9.25. The maximum atomic E-state index is 12.6. The van der Waals surface area contributed by atoms with Gasteiger partial charge in [0.15, 0.2) is 0 Å². The molecule has 0 saturated carbocycles. The Hall–Kier alpha value is -3.60. The van der Waals surface area contributed by atoms with Crippen LogP contribution in [0.1, 0.15) is 16.7 Å². The molecule has 28 heavy (non-hydrogen) atoms. The number of rotatable bonds is 4. The summed E-state index contributed by atoms with van der Waals surface area (Å²) in [6.07, 6.45) is 1.94. The number of benzene rings is 2. The van der Waals surface area contributed by atoms with Crippen LogP contribution in [0, 0.1) is 13.8 Å². The molecule has 2 heterocycles. The second-order valence-corrected chi connectivity index (χ2v) is 6.85. The molecule has 2 aromatic heterocycles. The summed E-state index contributed by atoms with van der Waals surface area (Å²) in [6.45, 7) is 4.54. The summed E-state index contributed by atoms with van der Waals surface area (Å²) in [5.74, 6) is 0.662. The average molecular weight is 370 g/mol. The molecule has 5 nitrogen and oxygen atoms in total. The fraction of sp³-hybridized carbons (Fsp3) is 0.130. The molecule has 0 aliphatic rings. The quantitative estimate of drug-likeness (QED) is 0.534. The van der Waals surface area contributed by atoms with Crippen LogP contribution in [0.3, 0.4) is 0 Å². The third-order valence-corrected chi connectivity index (χ3v) is 4.71. The molecular weight excluding hydrogens is 348 g/mol. The van der Waals surface area contributed by atoms with Gasteiger partial charge in [-0.05, 0) is 42.7 Å². The molecule has 0 spiro atoms. The molecule has 0 saturated heterocycles. The molecule has 2 amide bonds. The molecule has 2 N–H and O–H groups in total. The number of aromatic nitrogens is 2. The van der Waals surface area contributed by atoms with E-state index in [2.05, 4.69) is 10.6 Å². The van der Waals surface area contributed by atoms with Crippen molar-refractivity contribution in [2.75, 3.05) is 5.32 Å². The predicted octanol–water partition coefficient (Wildman–Crippen LogP) is 4.94. The minimum Gasteiger partial charge on any atom is -0.334 e. The zero-order valence-electron chi connectivity index (χ0n) is 15.9. The lowest BCUT2D eigenvalue weighted by Gasteiger charge is -2.10. The van der Waals surface area contributed by atoms with Gasteiger partial charge in [-0.25, -0.2) is 9.78 Å². The third kappa shape index (κ3) is 3.60. The van der Waals surface area contributed by atoms with Crippen LogP contribution in [-0.2, 0) is 6.54 Å². The van der Waals surface area contributed by atoms with Gasteiger partial charge in [-0.2, -0.15) is 0 Å². The fourth-order valence-electron chi connectivity index (χ4n) is 3.22. The van der Waals surface area contributed by atoms with Gasteiger partial charge >= 0.3 is 6.03 Å². The van der Waals surface area contributed by atoms with Crippen molar-refractivity contribution in [2.24, 2.45) is 0 Å². The molecule has 2 aromatic carbocycles. The molecule has 5 heteroatoms. The van der Waals surface area contributed by atoms with Gasteiger partial charge in [0.1, 0.15) is 17.2 Å². The van der Waals surface area contributed by atoms with Crippen LogP contribution in [0.4, 0.5) is 10.6 Å². The molecule has 0 bridgehead atoms. The number of carbonyl (C=O) groups excluding carboxylic acids is 1. The first kappa shape index (κ1) is 17.8. The topological polar surface area (TPSA) is 58.4 Å². The van der Waals surface area contributed by atoms with Crippen LogP contribution < -0.4 is 10.6 Å². The zero-order valence-corrected chi connectivity index (χ0v) is 15.9. The number of pyridine rings is 1. The van der Waals surface area contributed by atoms with Crippen molar-refractivity contribution in [3.05, 3.63) is 89.6 Å². The third-order valence-electron chi connectivity index (χ3n) is 4.71. The van der Waals surface area contributed by atoms with Crippen LogP contribution in [0.2, 0.25) is 0 Å². The maximum Gasteiger partial charge on any atom is 0.320 e. The van der Waals surface area contributed by atoms with Gasteiger partial charge in [-0.15, -0.1) is 0 Å². The first-order chi connectivity index (χ1) is 13.6. The average Bonchev–Trinajstić information content (AvgIpc) is 3.04. The highest BCUT2D eigenvalue weighted by Crippen LogP contribution is 2.31. The van der Waals surface area contributed by atoms with Gasteiger partial charge in [0.2, 0.25) is 0 Å². The summed E-state index contributed by atoms with van der Waals surface area (Å²) >= 11 is 0. The molecular formula is C23H22N4O. The minimum atomic E-state index is -0.263. The normalized spacial score (nSPS) is 10.8. The number of hydrogen-bond acceptors (Lipinski definition) is 2. The van der Waals surface area contributed by atoms with Gasteiger partial charge in [-0.3, -0.25) is 9.72 Å². The zero-order chi connectivity index (χ0) is 19.5. The van der Waals surface area contributed by atoms with E-state index in [9.17, 15) is 4.79 Å². The Balaban J connectivity index is 1.67. The number of carbonyl (C=O) groups is 1. The smallest absolute Gasteiger partial charge is 0.320 e. The lowest BCUT2D eigenvalue weighted by atomic mass is 10.1. The van der Waals surface area contributed by atoms with Crippen LogP contribution in [0.5, 0.6) is 0 Å². The van der Waals surface area contributed by atoms with Crippen molar-refractivity contribution >= 4 is 17.5 Å². The number of fused-ring (bicyclic) bond motifs is 1. The summed E-state index contributed by atoms with van der Waals surface area (Å²) in [5.41, 5.74) is 5.84. The summed E-state index contributed by atoms with van der Waals surface area (Å²) < 4.78 is 1.91. The van der Waals surface area contributed by atoms with E-state index in [4.69, 9.17) is 4.98 Å². The Bertz CT molecular complexity index is 1130. The van der Waals surface area contributed by atoms with E-state index in [0.717, 1.165) is 33.6 Å². The van der Waals surface area contributed by atoms with E-state index in [-0.39, 0.29) is 6.03 Å². The van der Waals surface area contributed by atoms with Crippen molar-refractivity contribution in [3.8, 4) is 11.3 Å². The summed E-state index contributed by atoms with van der Waals surface area (Å²) in [4.78, 5) is 17.4. The number of urea groups is 1. The monoisotopic (exact) mass is 370 g/mol. The van der Waals surface area contributed by atoms with E-state index in [1.807, 2.05) is 91.2 Å². The number of nitrogens with one attached hydrogen (secondary N) is 2. The number of nitrogens with zero attached hydrogens (tertiary/aromatic N) is 2. The van der Waals surface area contributed by atoms with Crippen molar-refractivity contribution in [2.45, 2.75) is 20.4 Å². The molecule has 0 radical (unpaired) electrons. The van der Waals surface area contributed by atoms with Gasteiger partial charge in [-0.1, -0.05) is 54.6 Å². The van der Waals surface area contributed by atoms with Crippen LogP contribution >= 0.6 is 0 Å². The lowest BCUT2D eigenvalue weighted by Crippen LogP contribution is -2.28. The molecule has 0 atom stereocenters. The lowest BCUT2D eigenvalue weighted by molar-refractivity contribution is 0.251. The number of anilines is 1. The highest BCUT2D eigenvalue weighted by Gasteiger charge is 2.17. The van der Waals surface area contributed by atoms with E-state index in [1.54, 1.807) is 0 Å². The van der Waals surface area contributed by atoms with E-state index in [1.165, 1.54) is 0 Å². The second kappa shape index (κ2) is 7.56. The summed E-state index contributed by atoms with van der Waals surface area (Å²) in [6, 6.07) is 21.6. The van der Waals surface area contributed by atoms with Crippen molar-refractivity contribution in [1.82, 2.24) is 14.7 Å². The van der Waals surface area contributed by atoms with Crippen LogP contribution in [-0.4, -0.2) is 15.4 Å². The molecule has 0 unspecified atom stereocenters. The molecule has 0 aliphatic carbocycles. The highest BCUT2D eigenvalue weighted by atomic mass is 16.2. The SMILES string of the molecule is Cc1ccn2c(NC(=O)NCc3ccccc3)c(-c3ccccc3C)nc2c1. The molecule has 0 fully saturated rings. The molecule has 4 aromatic rings. The Morgan fingerprint density at radius 3 is 2.54 bits per heavy atom. The standard InChI is InChI=1S/C23H22N4O/c1-16-12-13-27-20(14-16)25-21(19-11-7-6-8-17(19)2)22(27)26-23(28)24-15-18-9-4-3-5-10-18/h3-14H,15H2,1-2H3,(H2,24,26,28). The van der Waals surface area contributed by atoms with E-state index in [0.29, 0.717) is 12.4 Å². The number of hydrogen-bond donors (Lipinski definition) is 2. The first-order valence-corrected chi connectivity index (χ1v) is 9.25. The van der Waals surface area contributed by atoms with E-state index >= 15 is 0 Å². The summed E-state index contributed by atoms with van der Waals surface area (Å²) in [7, 11) is 0. The van der Waals surface area contributed by atoms with Crippen molar-refractivity contribution in [3.63, 3.8) is 0 Å². The Morgan fingerprint density at radius 1 is 1.00 bits per heavy atom. The van der Waals surface area contributed by atoms with Gasteiger partial charge in [0, 0.05) is 18.3 Å². The van der Waals surface area contributed by atoms with Gasteiger partial charge < -0.3 is 5.32 Å². The second-order valence-electron chi connectivity index (χ2n) is 6.85. The van der Waals surface area contributed by atoms with E-state index < -0.39 is 0 Å². The Morgan fingerprint density at radius 2 is 1.75 bits per heavy atom. The van der Waals surface area contributed by atoms with Crippen molar-refractivity contribution in [1.29, 1.82) is 0 Å². The predicted molar refractivity (Wildman–Crippen MR) is 112 cm³/mol. The van der Waals surface area contributed by atoms with Gasteiger partial charge in [0.25, 0.3) is 0 Å². The summed E-state index contributed by atoms with van der Waals surface area (Å²) in [5, 5.41) is 5.91. The molecule has 4 rings (SSSR count). The number of aryl methyl sites for hydroxylation is 2. The Labute approximate surface area is 164 Å². The fourth-order valence-corrected chi connectivity index (χ4v) is 3.22. The molecule has 0 aliphatic heterocycles. The number of imidazole rings is 1. The highest BCUT2D eigenvalue weighted by molar-refractivity contribution is 5.94. The number of amides is 2. The largest absolute Gasteiger partial charge is 0.334 e. The minimum absolute atomic E-state index is 0.263. The Kier molecular flexibility index (Phi) is 4.81. The van der Waals surface area contributed by atoms with Crippen molar-refractivity contribution < 1.29 is 4.79 Å².